The van der Waals surface area contributed by atoms with Gasteiger partial charge in [0.05, 0.1) is 0 Å². The van der Waals surface area contributed by atoms with Crippen molar-refractivity contribution in [3.05, 3.63) is 40.5 Å². The average Bonchev–Trinajstić information content (AvgIpc) is 2.30. The van der Waals surface area contributed by atoms with Crippen LogP contribution in [0.4, 0.5) is 10.1 Å². The number of carbonyl (C=O) groups excluding carboxylic acids is 1. The van der Waals surface area contributed by atoms with Gasteiger partial charge in [-0.1, -0.05) is 5.11 Å². The van der Waals surface area contributed by atoms with Crippen molar-refractivity contribution in [2.45, 2.75) is 6.92 Å². The SMILES string of the molecule is CCN(C(=O)CN=[N+]=[N-])c1ccc(F)cc1. The first kappa shape index (κ1) is 12.0. The van der Waals surface area contributed by atoms with Crippen molar-refractivity contribution in [2.24, 2.45) is 5.11 Å². The van der Waals surface area contributed by atoms with Crippen molar-refractivity contribution in [3.63, 3.8) is 0 Å². The number of rotatable bonds is 4. The van der Waals surface area contributed by atoms with Crippen LogP contribution < -0.4 is 4.90 Å². The minimum Gasteiger partial charge on any atom is -0.313 e. The second kappa shape index (κ2) is 5.72. The summed E-state index contributed by atoms with van der Waals surface area (Å²) in [6.07, 6.45) is 0. The molecule has 0 aliphatic heterocycles. The number of hydrogen-bond donors (Lipinski definition) is 0. The number of azide groups is 1. The Kier molecular flexibility index (Phi) is 4.29. The highest BCUT2D eigenvalue weighted by Crippen LogP contribution is 2.14. The number of halogens is 1. The fourth-order valence-electron chi connectivity index (χ4n) is 1.30. The van der Waals surface area contributed by atoms with Crippen LogP contribution in [0.25, 0.3) is 10.4 Å². The molecule has 16 heavy (non-hydrogen) atoms. The van der Waals surface area contributed by atoms with Gasteiger partial charge in [0.1, 0.15) is 12.4 Å². The lowest BCUT2D eigenvalue weighted by molar-refractivity contribution is -0.117. The van der Waals surface area contributed by atoms with Crippen LogP contribution in [0.5, 0.6) is 0 Å². The molecule has 0 N–H and O–H groups in total. The van der Waals surface area contributed by atoms with Crippen molar-refractivity contribution in [1.82, 2.24) is 0 Å². The van der Waals surface area contributed by atoms with Gasteiger partial charge in [-0.3, -0.25) is 4.79 Å². The second-order valence-electron chi connectivity index (χ2n) is 3.00. The third-order valence-corrected chi connectivity index (χ3v) is 2.02. The highest BCUT2D eigenvalue weighted by atomic mass is 19.1. The molecule has 1 aromatic carbocycles. The van der Waals surface area contributed by atoms with Gasteiger partial charge in [-0.25, -0.2) is 4.39 Å². The van der Waals surface area contributed by atoms with Crippen molar-refractivity contribution in [3.8, 4) is 0 Å². The van der Waals surface area contributed by atoms with Crippen LogP contribution in [0.1, 0.15) is 6.92 Å². The van der Waals surface area contributed by atoms with E-state index in [2.05, 4.69) is 10.0 Å². The molecule has 0 atom stereocenters. The van der Waals surface area contributed by atoms with E-state index in [9.17, 15) is 9.18 Å². The quantitative estimate of drug-likeness (QED) is 0.438. The smallest absolute Gasteiger partial charge is 0.232 e. The molecule has 0 aromatic heterocycles. The second-order valence-corrected chi connectivity index (χ2v) is 3.00. The summed E-state index contributed by atoms with van der Waals surface area (Å²) in [5, 5.41) is 3.20. The summed E-state index contributed by atoms with van der Waals surface area (Å²) in [6, 6.07) is 5.57. The fraction of sp³-hybridized carbons (Fsp3) is 0.300. The number of anilines is 1. The lowest BCUT2D eigenvalue weighted by atomic mass is 10.2. The lowest BCUT2D eigenvalue weighted by Crippen LogP contribution is -2.32. The van der Waals surface area contributed by atoms with Crippen molar-refractivity contribution >= 4 is 11.6 Å². The van der Waals surface area contributed by atoms with Crippen LogP contribution in [0.2, 0.25) is 0 Å². The minimum atomic E-state index is -0.359. The topological polar surface area (TPSA) is 69.1 Å². The monoisotopic (exact) mass is 222 g/mol. The Balaban J connectivity index is 2.85. The Morgan fingerprint density at radius 2 is 2.12 bits per heavy atom. The molecule has 0 aliphatic rings. The van der Waals surface area contributed by atoms with Crippen molar-refractivity contribution in [2.75, 3.05) is 18.0 Å². The lowest BCUT2D eigenvalue weighted by Gasteiger charge is -2.19. The molecule has 0 bridgehead atoms. The summed E-state index contributed by atoms with van der Waals surface area (Å²) in [6.45, 7) is 1.99. The molecular weight excluding hydrogens is 211 g/mol. The Morgan fingerprint density at radius 3 is 2.62 bits per heavy atom. The summed E-state index contributed by atoms with van der Waals surface area (Å²) in [7, 11) is 0. The van der Waals surface area contributed by atoms with Crippen LogP contribution in [-0.2, 0) is 4.79 Å². The predicted octanol–water partition coefficient (Wildman–Crippen LogP) is 2.49. The van der Waals surface area contributed by atoms with Gasteiger partial charge in [-0.05, 0) is 36.7 Å². The van der Waals surface area contributed by atoms with E-state index in [1.807, 2.05) is 0 Å². The molecular formula is C10H11FN4O. The van der Waals surface area contributed by atoms with Crippen LogP contribution >= 0.6 is 0 Å². The number of amides is 1. The van der Waals surface area contributed by atoms with E-state index in [0.29, 0.717) is 12.2 Å². The molecule has 1 amide bonds. The fourth-order valence-corrected chi connectivity index (χ4v) is 1.30. The van der Waals surface area contributed by atoms with E-state index in [4.69, 9.17) is 5.53 Å². The standard InChI is InChI=1S/C10H11FN4O/c1-2-15(10(16)7-13-14-12)9-5-3-8(11)4-6-9/h3-6H,2,7H2,1H3. The van der Waals surface area contributed by atoms with Crippen LogP contribution in [-0.4, -0.2) is 19.0 Å². The summed E-state index contributed by atoms with van der Waals surface area (Å²) in [4.78, 5) is 15.5. The number of nitrogens with zero attached hydrogens (tertiary/aromatic N) is 4. The van der Waals surface area contributed by atoms with Gasteiger partial charge in [0, 0.05) is 17.1 Å². The summed E-state index contributed by atoms with van der Waals surface area (Å²) < 4.78 is 12.7. The molecule has 1 rings (SSSR count). The maximum Gasteiger partial charge on any atom is 0.232 e. The van der Waals surface area contributed by atoms with Gasteiger partial charge in [-0.2, -0.15) is 0 Å². The van der Waals surface area contributed by atoms with Crippen molar-refractivity contribution < 1.29 is 9.18 Å². The molecule has 5 nitrogen and oxygen atoms in total. The summed E-state index contributed by atoms with van der Waals surface area (Å²) in [5.41, 5.74) is 8.70. The Morgan fingerprint density at radius 1 is 1.50 bits per heavy atom. The summed E-state index contributed by atoms with van der Waals surface area (Å²) in [5.74, 6) is -0.672. The molecule has 0 aliphatic carbocycles. The average molecular weight is 222 g/mol. The Labute approximate surface area is 92.1 Å². The highest BCUT2D eigenvalue weighted by molar-refractivity contribution is 5.94. The number of likely N-dealkylation sites (N-methyl/N-ethyl adjacent to an activating group) is 1. The molecule has 0 fully saturated rings. The highest BCUT2D eigenvalue weighted by Gasteiger charge is 2.12. The molecule has 0 radical (unpaired) electrons. The van der Waals surface area contributed by atoms with Gasteiger partial charge in [0.15, 0.2) is 0 Å². The Bertz CT molecular complexity index is 411. The maximum atomic E-state index is 12.7. The van der Waals surface area contributed by atoms with Crippen LogP contribution in [0.15, 0.2) is 29.4 Å². The van der Waals surface area contributed by atoms with Gasteiger partial charge < -0.3 is 4.90 Å². The minimum absolute atomic E-state index is 0.234. The third-order valence-electron chi connectivity index (χ3n) is 2.02. The van der Waals surface area contributed by atoms with Crippen LogP contribution in [0, 0.1) is 5.82 Å². The maximum absolute atomic E-state index is 12.7. The Hall–Kier alpha value is -2.07. The van der Waals surface area contributed by atoms with Gasteiger partial charge in [0.2, 0.25) is 5.91 Å². The van der Waals surface area contributed by atoms with Gasteiger partial charge in [-0.15, -0.1) is 0 Å². The number of carbonyl (C=O) groups is 1. The first-order chi connectivity index (χ1) is 7.69. The molecule has 0 heterocycles. The summed E-state index contributed by atoms with van der Waals surface area (Å²) >= 11 is 0. The zero-order valence-corrected chi connectivity index (χ0v) is 8.80. The van der Waals surface area contributed by atoms with Gasteiger partial charge >= 0.3 is 0 Å². The molecule has 84 valence electrons. The van der Waals surface area contributed by atoms with E-state index in [1.165, 1.54) is 29.2 Å². The largest absolute Gasteiger partial charge is 0.313 e. The molecule has 0 spiro atoms. The third kappa shape index (κ3) is 2.96. The van der Waals surface area contributed by atoms with Gasteiger partial charge in [0.25, 0.3) is 0 Å². The normalized spacial score (nSPS) is 9.38. The molecule has 0 unspecified atom stereocenters. The number of benzene rings is 1. The zero-order valence-electron chi connectivity index (χ0n) is 8.80. The van der Waals surface area contributed by atoms with E-state index in [0.717, 1.165) is 0 Å². The first-order valence-corrected chi connectivity index (χ1v) is 4.75. The van der Waals surface area contributed by atoms with Crippen LogP contribution in [0.3, 0.4) is 0 Å². The van der Waals surface area contributed by atoms with E-state index >= 15 is 0 Å². The van der Waals surface area contributed by atoms with Crippen molar-refractivity contribution in [1.29, 1.82) is 0 Å². The number of hydrogen-bond acceptors (Lipinski definition) is 2. The van der Waals surface area contributed by atoms with E-state index in [-0.39, 0.29) is 18.3 Å². The van der Waals surface area contributed by atoms with E-state index in [1.54, 1.807) is 6.92 Å². The first-order valence-electron chi connectivity index (χ1n) is 4.75. The predicted molar refractivity (Wildman–Crippen MR) is 58.4 cm³/mol. The molecule has 0 saturated heterocycles. The zero-order chi connectivity index (χ0) is 12.0. The molecule has 1 aromatic rings. The molecule has 6 heteroatoms. The molecule has 0 saturated carbocycles. The van der Waals surface area contributed by atoms with E-state index < -0.39 is 0 Å².